The number of hydrogen-bond donors (Lipinski definition) is 1. The Morgan fingerprint density at radius 3 is 2.11 bits per heavy atom. The fourth-order valence-electron chi connectivity index (χ4n) is 1.98. The molecule has 4 heteroatoms. The molecule has 2 N–H and O–H groups in total. The SMILES string of the molecule is Cc1ccc(C(N)c2ccccc2C(F)(F)F)cc1. The molecule has 0 fully saturated rings. The van der Waals surface area contributed by atoms with E-state index in [9.17, 15) is 13.2 Å². The first kappa shape index (κ1) is 13.6. The molecule has 1 nitrogen and oxygen atoms in total. The van der Waals surface area contributed by atoms with Crippen LogP contribution in [0.2, 0.25) is 0 Å². The van der Waals surface area contributed by atoms with Crippen LogP contribution in [0, 0.1) is 6.92 Å². The normalized spacial score (nSPS) is 13.3. The topological polar surface area (TPSA) is 26.0 Å². The molecular formula is C15H14F3N. The molecule has 0 bridgehead atoms. The number of halogens is 3. The van der Waals surface area contributed by atoms with Gasteiger partial charge in [-0.1, -0.05) is 48.0 Å². The van der Waals surface area contributed by atoms with Crippen LogP contribution in [0.1, 0.15) is 28.3 Å². The summed E-state index contributed by atoms with van der Waals surface area (Å²) in [7, 11) is 0. The number of aryl methyl sites for hydroxylation is 1. The van der Waals surface area contributed by atoms with Gasteiger partial charge in [0.05, 0.1) is 11.6 Å². The Hall–Kier alpha value is -1.81. The van der Waals surface area contributed by atoms with Crippen LogP contribution in [0.4, 0.5) is 13.2 Å². The zero-order chi connectivity index (χ0) is 14.0. The Morgan fingerprint density at radius 2 is 1.53 bits per heavy atom. The Balaban J connectivity index is 2.44. The zero-order valence-corrected chi connectivity index (χ0v) is 10.4. The van der Waals surface area contributed by atoms with E-state index in [0.29, 0.717) is 5.56 Å². The molecule has 0 radical (unpaired) electrons. The molecule has 0 heterocycles. The average molecular weight is 265 g/mol. The molecule has 1 atom stereocenters. The van der Waals surface area contributed by atoms with Crippen molar-refractivity contribution in [2.45, 2.75) is 19.1 Å². The van der Waals surface area contributed by atoms with Gasteiger partial charge in [-0.2, -0.15) is 13.2 Å². The lowest BCUT2D eigenvalue weighted by atomic mass is 9.94. The van der Waals surface area contributed by atoms with E-state index >= 15 is 0 Å². The molecule has 0 saturated carbocycles. The van der Waals surface area contributed by atoms with Gasteiger partial charge >= 0.3 is 6.18 Å². The summed E-state index contributed by atoms with van der Waals surface area (Å²) in [6.45, 7) is 1.92. The molecule has 0 saturated heterocycles. The van der Waals surface area contributed by atoms with Crippen LogP contribution >= 0.6 is 0 Å². The Bertz CT molecular complexity index is 558. The molecular weight excluding hydrogens is 251 g/mol. The highest BCUT2D eigenvalue weighted by Crippen LogP contribution is 2.35. The van der Waals surface area contributed by atoms with Crippen molar-refractivity contribution >= 4 is 0 Å². The van der Waals surface area contributed by atoms with E-state index < -0.39 is 17.8 Å². The third-order valence-electron chi connectivity index (χ3n) is 3.04. The minimum Gasteiger partial charge on any atom is -0.320 e. The number of nitrogens with two attached hydrogens (primary N) is 1. The minimum atomic E-state index is -4.39. The summed E-state index contributed by atoms with van der Waals surface area (Å²) in [5.41, 5.74) is 7.09. The summed E-state index contributed by atoms with van der Waals surface area (Å²) in [5.74, 6) is 0. The van der Waals surface area contributed by atoms with Gasteiger partial charge in [-0.25, -0.2) is 0 Å². The maximum atomic E-state index is 12.9. The fourth-order valence-corrected chi connectivity index (χ4v) is 1.98. The van der Waals surface area contributed by atoms with Crippen molar-refractivity contribution in [3.63, 3.8) is 0 Å². The van der Waals surface area contributed by atoms with Crippen molar-refractivity contribution in [2.75, 3.05) is 0 Å². The first-order valence-corrected chi connectivity index (χ1v) is 5.88. The monoisotopic (exact) mass is 265 g/mol. The molecule has 0 aliphatic carbocycles. The Labute approximate surface area is 109 Å². The van der Waals surface area contributed by atoms with Gasteiger partial charge in [0, 0.05) is 0 Å². The summed E-state index contributed by atoms with van der Waals surface area (Å²) in [6, 6.07) is 11.8. The average Bonchev–Trinajstić information content (AvgIpc) is 2.38. The van der Waals surface area contributed by atoms with Crippen molar-refractivity contribution in [1.82, 2.24) is 0 Å². The van der Waals surface area contributed by atoms with E-state index in [1.807, 2.05) is 19.1 Å². The maximum Gasteiger partial charge on any atom is 0.416 e. The third-order valence-corrected chi connectivity index (χ3v) is 3.04. The van der Waals surface area contributed by atoms with Gasteiger partial charge in [0.1, 0.15) is 0 Å². The van der Waals surface area contributed by atoms with Gasteiger partial charge in [0.25, 0.3) is 0 Å². The van der Waals surface area contributed by atoms with Gasteiger partial charge < -0.3 is 5.73 Å². The first-order valence-electron chi connectivity index (χ1n) is 5.88. The summed E-state index contributed by atoms with van der Waals surface area (Å²) in [5, 5.41) is 0. The molecule has 0 amide bonds. The predicted molar refractivity (Wildman–Crippen MR) is 68.7 cm³/mol. The van der Waals surface area contributed by atoms with E-state index in [4.69, 9.17) is 5.73 Å². The van der Waals surface area contributed by atoms with E-state index in [1.54, 1.807) is 18.2 Å². The molecule has 0 aromatic heterocycles. The van der Waals surface area contributed by atoms with Gasteiger partial charge in [0.15, 0.2) is 0 Å². The predicted octanol–water partition coefficient (Wildman–Crippen LogP) is 4.06. The van der Waals surface area contributed by atoms with E-state index in [-0.39, 0.29) is 5.56 Å². The number of rotatable bonds is 2. The standard InChI is InChI=1S/C15H14F3N/c1-10-6-8-11(9-7-10)14(19)12-4-2-3-5-13(12)15(16,17)18/h2-9,14H,19H2,1H3. The van der Waals surface area contributed by atoms with E-state index in [2.05, 4.69) is 0 Å². The van der Waals surface area contributed by atoms with Crippen molar-refractivity contribution in [3.05, 3.63) is 70.8 Å². The van der Waals surface area contributed by atoms with Crippen LogP contribution < -0.4 is 5.73 Å². The maximum absolute atomic E-state index is 12.9. The lowest BCUT2D eigenvalue weighted by Crippen LogP contribution is -2.18. The number of benzene rings is 2. The van der Waals surface area contributed by atoms with Gasteiger partial charge in [0.2, 0.25) is 0 Å². The minimum absolute atomic E-state index is 0.0962. The summed E-state index contributed by atoms with van der Waals surface area (Å²) in [4.78, 5) is 0. The van der Waals surface area contributed by atoms with Crippen molar-refractivity contribution < 1.29 is 13.2 Å². The second kappa shape index (κ2) is 5.05. The molecule has 1 unspecified atom stereocenters. The first-order chi connectivity index (χ1) is 8.89. The number of hydrogen-bond acceptors (Lipinski definition) is 1. The molecule has 0 aliphatic rings. The third kappa shape index (κ3) is 2.96. The van der Waals surface area contributed by atoms with Crippen LogP contribution in [0.25, 0.3) is 0 Å². The lowest BCUT2D eigenvalue weighted by molar-refractivity contribution is -0.138. The fraction of sp³-hybridized carbons (Fsp3) is 0.200. The van der Waals surface area contributed by atoms with Crippen LogP contribution in [-0.2, 0) is 6.18 Å². The van der Waals surface area contributed by atoms with Crippen LogP contribution in [-0.4, -0.2) is 0 Å². The molecule has 2 rings (SSSR count). The highest BCUT2D eigenvalue weighted by Gasteiger charge is 2.34. The second-order valence-electron chi connectivity index (χ2n) is 4.47. The van der Waals surface area contributed by atoms with E-state index in [1.165, 1.54) is 12.1 Å². The summed E-state index contributed by atoms with van der Waals surface area (Å²) in [6.07, 6.45) is -4.39. The Kier molecular flexibility index (Phi) is 3.62. The van der Waals surface area contributed by atoms with Gasteiger partial charge in [-0.05, 0) is 24.1 Å². The smallest absolute Gasteiger partial charge is 0.320 e. The van der Waals surface area contributed by atoms with Gasteiger partial charge in [-0.3, -0.25) is 0 Å². The molecule has 0 aliphatic heterocycles. The van der Waals surface area contributed by atoms with Crippen molar-refractivity contribution in [2.24, 2.45) is 5.73 Å². The molecule has 2 aromatic carbocycles. The van der Waals surface area contributed by atoms with Crippen LogP contribution in [0.3, 0.4) is 0 Å². The van der Waals surface area contributed by atoms with E-state index in [0.717, 1.165) is 11.6 Å². The largest absolute Gasteiger partial charge is 0.416 e. The highest BCUT2D eigenvalue weighted by molar-refractivity contribution is 5.39. The van der Waals surface area contributed by atoms with Gasteiger partial charge in [-0.15, -0.1) is 0 Å². The summed E-state index contributed by atoms with van der Waals surface area (Å²) < 4.78 is 38.8. The highest BCUT2D eigenvalue weighted by atomic mass is 19.4. The molecule has 100 valence electrons. The lowest BCUT2D eigenvalue weighted by Gasteiger charge is -2.18. The quantitative estimate of drug-likeness (QED) is 0.870. The molecule has 0 spiro atoms. The van der Waals surface area contributed by atoms with Crippen molar-refractivity contribution in [3.8, 4) is 0 Å². The zero-order valence-electron chi connectivity index (χ0n) is 10.4. The summed E-state index contributed by atoms with van der Waals surface area (Å²) >= 11 is 0. The van der Waals surface area contributed by atoms with Crippen LogP contribution in [0.5, 0.6) is 0 Å². The molecule has 2 aromatic rings. The second-order valence-corrected chi connectivity index (χ2v) is 4.47. The van der Waals surface area contributed by atoms with Crippen LogP contribution in [0.15, 0.2) is 48.5 Å². The van der Waals surface area contributed by atoms with Crippen molar-refractivity contribution in [1.29, 1.82) is 0 Å². The number of alkyl halides is 3. The Morgan fingerprint density at radius 1 is 0.947 bits per heavy atom. The molecule has 19 heavy (non-hydrogen) atoms.